The Morgan fingerprint density at radius 2 is 1.30 bits per heavy atom. The highest BCUT2D eigenvalue weighted by Crippen LogP contribution is 2.41. The van der Waals surface area contributed by atoms with Crippen molar-refractivity contribution in [2.24, 2.45) is 0 Å². The summed E-state index contributed by atoms with van der Waals surface area (Å²) in [4.78, 5) is 4.62. The molecule has 3 heteroatoms. The van der Waals surface area contributed by atoms with Gasteiger partial charge < -0.3 is 9.80 Å². The first-order chi connectivity index (χ1) is 20.5. The Kier molecular flexibility index (Phi) is 13.0. The van der Waals surface area contributed by atoms with E-state index in [0.29, 0.717) is 0 Å². The Morgan fingerprint density at radius 3 is 1.84 bits per heavy atom. The van der Waals surface area contributed by atoms with Gasteiger partial charge in [0.05, 0.1) is 0 Å². The van der Waals surface area contributed by atoms with Gasteiger partial charge in [0.25, 0.3) is 0 Å². The van der Waals surface area contributed by atoms with Crippen molar-refractivity contribution in [2.75, 3.05) is 34.2 Å². The third-order valence-corrected chi connectivity index (χ3v) is 8.62. The van der Waals surface area contributed by atoms with Gasteiger partial charge in [0.15, 0.2) is 0 Å². The maximum Gasteiger partial charge on any atom is 0.0212 e. The van der Waals surface area contributed by atoms with Gasteiger partial charge in [-0.3, -0.25) is 0 Å². The van der Waals surface area contributed by atoms with Crippen LogP contribution in [0.5, 0.6) is 0 Å². The Labute approximate surface area is 270 Å². The van der Waals surface area contributed by atoms with Crippen LogP contribution in [0.15, 0.2) is 149 Å². The smallest absolute Gasteiger partial charge is 0.0212 e. The normalized spacial score (nSPS) is 14.2. The minimum absolute atomic E-state index is 0.263. The summed E-state index contributed by atoms with van der Waals surface area (Å²) in [5, 5.41) is 0. The second-order valence-electron chi connectivity index (χ2n) is 12.0. The standard InChI is InChI=1S/C40H49BrN2/c1-31(41)28-37(32(2)33(3)40(5,25-27-42(6)7)39-22-16-11-17-23-39)30-38(29-36-20-14-10-15-21-36)34(4)43(8)26-24-35-18-12-9-13-19-35/h9-23,28,30H,2-3,24-27,29H2,1,4-8H3/b31-28+,37-30-,38-34+. The number of hydrogen-bond acceptors (Lipinski definition) is 2. The molecule has 0 saturated heterocycles. The first-order valence-electron chi connectivity index (χ1n) is 15.1. The molecule has 0 amide bonds. The van der Waals surface area contributed by atoms with Crippen LogP contribution in [0.2, 0.25) is 0 Å². The van der Waals surface area contributed by atoms with Crippen LogP contribution in [0.4, 0.5) is 0 Å². The van der Waals surface area contributed by atoms with Crippen molar-refractivity contribution in [3.63, 3.8) is 0 Å². The lowest BCUT2D eigenvalue weighted by Gasteiger charge is -2.35. The van der Waals surface area contributed by atoms with Crippen molar-refractivity contribution in [1.29, 1.82) is 0 Å². The fourth-order valence-corrected chi connectivity index (χ4v) is 5.55. The molecule has 0 heterocycles. The zero-order valence-electron chi connectivity index (χ0n) is 27.0. The summed E-state index contributed by atoms with van der Waals surface area (Å²) in [6.07, 6.45) is 7.29. The number of halogens is 1. The van der Waals surface area contributed by atoms with E-state index in [1.54, 1.807) is 0 Å². The molecule has 0 saturated carbocycles. The summed E-state index contributed by atoms with van der Waals surface area (Å²) in [7, 11) is 6.45. The van der Waals surface area contributed by atoms with E-state index in [0.717, 1.165) is 53.6 Å². The van der Waals surface area contributed by atoms with Gasteiger partial charge in [-0.15, -0.1) is 0 Å². The number of allylic oxidation sites excluding steroid dienone is 8. The number of rotatable bonds is 15. The van der Waals surface area contributed by atoms with Gasteiger partial charge in [-0.1, -0.05) is 127 Å². The van der Waals surface area contributed by atoms with E-state index < -0.39 is 0 Å². The Bertz CT molecular complexity index is 1430. The number of nitrogens with zero attached hydrogens (tertiary/aromatic N) is 2. The van der Waals surface area contributed by atoms with E-state index in [2.05, 4.69) is 177 Å². The van der Waals surface area contributed by atoms with Gasteiger partial charge in [0.2, 0.25) is 0 Å². The van der Waals surface area contributed by atoms with Crippen molar-refractivity contribution in [3.05, 3.63) is 165 Å². The lowest BCUT2D eigenvalue weighted by Crippen LogP contribution is -2.30. The van der Waals surface area contributed by atoms with Crippen LogP contribution in [0.25, 0.3) is 0 Å². The van der Waals surface area contributed by atoms with Crippen LogP contribution in [0.1, 0.15) is 43.9 Å². The van der Waals surface area contributed by atoms with Crippen LogP contribution < -0.4 is 0 Å². The van der Waals surface area contributed by atoms with Gasteiger partial charge in [-0.2, -0.15) is 0 Å². The molecule has 0 aliphatic heterocycles. The topological polar surface area (TPSA) is 6.48 Å². The first kappa shape index (κ1) is 34.1. The summed E-state index contributed by atoms with van der Waals surface area (Å²) in [6, 6.07) is 32.2. The highest BCUT2D eigenvalue weighted by molar-refractivity contribution is 9.11. The van der Waals surface area contributed by atoms with Gasteiger partial charge in [0.1, 0.15) is 0 Å². The molecule has 1 atom stereocenters. The molecule has 0 spiro atoms. The second kappa shape index (κ2) is 16.4. The maximum atomic E-state index is 4.71. The molecule has 226 valence electrons. The summed E-state index contributed by atoms with van der Waals surface area (Å²) in [6.45, 7) is 17.9. The molecule has 3 aromatic carbocycles. The molecule has 0 aliphatic rings. The zero-order chi connectivity index (χ0) is 31.4. The van der Waals surface area contributed by atoms with Crippen LogP contribution in [0.3, 0.4) is 0 Å². The summed E-state index contributed by atoms with van der Waals surface area (Å²) >= 11 is 3.73. The summed E-state index contributed by atoms with van der Waals surface area (Å²) in [5.74, 6) is 0. The lowest BCUT2D eigenvalue weighted by molar-refractivity contribution is 0.354. The molecular weight excluding hydrogens is 588 g/mol. The second-order valence-corrected chi connectivity index (χ2v) is 13.2. The van der Waals surface area contributed by atoms with Crippen molar-refractivity contribution in [2.45, 2.75) is 45.4 Å². The third kappa shape index (κ3) is 10.1. The molecule has 0 N–H and O–H groups in total. The largest absolute Gasteiger partial charge is 0.378 e. The van der Waals surface area contributed by atoms with Crippen molar-refractivity contribution in [3.8, 4) is 0 Å². The van der Waals surface area contributed by atoms with Crippen molar-refractivity contribution in [1.82, 2.24) is 9.80 Å². The predicted molar refractivity (Wildman–Crippen MR) is 192 cm³/mol. The average molecular weight is 638 g/mol. The Balaban J connectivity index is 2.06. The van der Waals surface area contributed by atoms with Gasteiger partial charge in [-0.05, 0) is 109 Å². The van der Waals surface area contributed by atoms with Crippen molar-refractivity contribution >= 4 is 15.9 Å². The minimum Gasteiger partial charge on any atom is -0.378 e. The molecule has 0 fully saturated rings. The van der Waals surface area contributed by atoms with Crippen molar-refractivity contribution < 1.29 is 0 Å². The SMILES string of the molecule is C=C(C(=C)C(C)(CCN(C)C)c1ccccc1)C(=C\C(Cc1ccccc1)=C(/C)N(C)CCc1ccccc1)/C=C(\C)Br. The van der Waals surface area contributed by atoms with E-state index in [4.69, 9.17) is 6.58 Å². The Morgan fingerprint density at radius 1 is 0.767 bits per heavy atom. The fourth-order valence-electron chi connectivity index (χ4n) is 5.30. The highest BCUT2D eigenvalue weighted by Gasteiger charge is 2.32. The van der Waals surface area contributed by atoms with Gasteiger partial charge in [-0.25, -0.2) is 0 Å². The summed E-state index contributed by atoms with van der Waals surface area (Å²) < 4.78 is 1.05. The molecule has 0 radical (unpaired) electrons. The number of likely N-dealkylation sites (N-methyl/N-ethyl adjacent to an activating group) is 1. The fraction of sp³-hybridized carbons (Fsp3) is 0.300. The highest BCUT2D eigenvalue weighted by atomic mass is 79.9. The maximum absolute atomic E-state index is 4.71. The quantitative estimate of drug-likeness (QED) is 0.153. The molecule has 0 bridgehead atoms. The number of hydrogen-bond donors (Lipinski definition) is 0. The van der Waals surface area contributed by atoms with E-state index in [-0.39, 0.29) is 5.41 Å². The minimum atomic E-state index is -0.263. The van der Waals surface area contributed by atoms with E-state index in [1.807, 2.05) is 0 Å². The van der Waals surface area contributed by atoms with E-state index >= 15 is 0 Å². The van der Waals surface area contributed by atoms with Gasteiger partial charge >= 0.3 is 0 Å². The molecule has 3 rings (SSSR count). The van der Waals surface area contributed by atoms with Crippen LogP contribution in [0, 0.1) is 0 Å². The number of benzene rings is 3. The third-order valence-electron chi connectivity index (χ3n) is 8.39. The van der Waals surface area contributed by atoms with Crippen LogP contribution in [-0.4, -0.2) is 44.0 Å². The summed E-state index contributed by atoms with van der Waals surface area (Å²) in [5.41, 5.74) is 9.25. The van der Waals surface area contributed by atoms with Crippen LogP contribution in [-0.2, 0) is 18.3 Å². The van der Waals surface area contributed by atoms with E-state index in [1.165, 1.54) is 28.0 Å². The Hall–Kier alpha value is -3.40. The molecule has 3 aromatic rings. The van der Waals surface area contributed by atoms with Crippen LogP contribution >= 0.6 is 15.9 Å². The molecule has 0 aromatic heterocycles. The zero-order valence-corrected chi connectivity index (χ0v) is 28.6. The molecule has 43 heavy (non-hydrogen) atoms. The monoisotopic (exact) mass is 636 g/mol. The first-order valence-corrected chi connectivity index (χ1v) is 15.9. The predicted octanol–water partition coefficient (Wildman–Crippen LogP) is 9.92. The lowest BCUT2D eigenvalue weighted by atomic mass is 9.70. The molecular formula is C40H49BrN2. The molecule has 0 aliphatic carbocycles. The van der Waals surface area contributed by atoms with Gasteiger partial charge in [0, 0.05) is 24.7 Å². The molecule has 1 unspecified atom stereocenters. The average Bonchev–Trinajstić information content (AvgIpc) is 3.01. The molecule has 2 nitrogen and oxygen atoms in total. The van der Waals surface area contributed by atoms with E-state index in [9.17, 15) is 0 Å².